The van der Waals surface area contributed by atoms with Gasteiger partial charge in [-0.05, 0) is 103 Å². The van der Waals surface area contributed by atoms with Gasteiger partial charge < -0.3 is 9.32 Å². The Hall–Kier alpha value is -7.68. The molecular weight excluding hydrogens is 703 g/mol. The molecule has 0 atom stereocenters. The third-order valence-electron chi connectivity index (χ3n) is 11.5. The van der Waals surface area contributed by atoms with Crippen molar-refractivity contribution in [3.63, 3.8) is 0 Å². The molecule has 0 radical (unpaired) electrons. The Morgan fingerprint density at radius 2 is 0.741 bits per heavy atom. The monoisotopic (exact) mass is 739 g/mol. The summed E-state index contributed by atoms with van der Waals surface area (Å²) in [5.41, 5.74) is 14.3. The molecule has 58 heavy (non-hydrogen) atoms. The fourth-order valence-electron chi connectivity index (χ4n) is 8.66. The SMILES string of the molecule is c1ccc(-c2ccc(N(c3ccc(-c4ccc(-c5cccc6ccccc56)cc4)cc3)c3ccc(-c4cccc5ccccc45)cc3)c3c2oc2ccccc23)cc1. The first-order valence-electron chi connectivity index (χ1n) is 19.8. The van der Waals surface area contributed by atoms with Crippen LogP contribution < -0.4 is 4.90 Å². The second kappa shape index (κ2) is 14.1. The second-order valence-electron chi connectivity index (χ2n) is 14.9. The molecular formula is C56H37NO. The van der Waals surface area contributed by atoms with E-state index in [4.69, 9.17) is 4.42 Å². The van der Waals surface area contributed by atoms with Gasteiger partial charge in [0.1, 0.15) is 11.2 Å². The first-order chi connectivity index (χ1) is 28.8. The average Bonchev–Trinajstić information content (AvgIpc) is 3.70. The van der Waals surface area contributed by atoms with Crippen molar-refractivity contribution < 1.29 is 4.42 Å². The maximum Gasteiger partial charge on any atom is 0.145 e. The molecule has 0 saturated carbocycles. The molecule has 0 saturated heterocycles. The number of rotatable bonds is 7. The molecule has 2 nitrogen and oxygen atoms in total. The summed E-state index contributed by atoms with van der Waals surface area (Å²) in [6.07, 6.45) is 0. The predicted molar refractivity (Wildman–Crippen MR) is 245 cm³/mol. The van der Waals surface area contributed by atoms with E-state index in [0.717, 1.165) is 55.7 Å². The van der Waals surface area contributed by atoms with Crippen LogP contribution in [0.1, 0.15) is 0 Å². The first kappa shape index (κ1) is 33.6. The summed E-state index contributed by atoms with van der Waals surface area (Å²) in [6.45, 7) is 0. The second-order valence-corrected chi connectivity index (χ2v) is 14.9. The van der Waals surface area contributed by atoms with Gasteiger partial charge in [-0.25, -0.2) is 0 Å². The van der Waals surface area contributed by atoms with E-state index in [2.05, 4.69) is 223 Å². The van der Waals surface area contributed by atoms with E-state index in [1.54, 1.807) is 0 Å². The van der Waals surface area contributed by atoms with Crippen molar-refractivity contribution in [2.45, 2.75) is 0 Å². The number of furan rings is 1. The summed E-state index contributed by atoms with van der Waals surface area (Å²) in [5.74, 6) is 0. The van der Waals surface area contributed by atoms with Crippen LogP contribution in [0.3, 0.4) is 0 Å². The van der Waals surface area contributed by atoms with Crippen LogP contribution in [0.4, 0.5) is 17.1 Å². The van der Waals surface area contributed by atoms with E-state index in [-0.39, 0.29) is 0 Å². The number of para-hydroxylation sites is 1. The fraction of sp³-hybridized carbons (Fsp3) is 0. The van der Waals surface area contributed by atoms with Crippen LogP contribution in [0.2, 0.25) is 0 Å². The highest BCUT2D eigenvalue weighted by molar-refractivity contribution is 6.17. The van der Waals surface area contributed by atoms with E-state index in [9.17, 15) is 0 Å². The number of benzene rings is 10. The third-order valence-corrected chi connectivity index (χ3v) is 11.5. The molecule has 0 aliphatic carbocycles. The van der Waals surface area contributed by atoms with Gasteiger partial charge in [-0.2, -0.15) is 0 Å². The van der Waals surface area contributed by atoms with Crippen molar-refractivity contribution in [2.24, 2.45) is 0 Å². The number of hydrogen-bond donors (Lipinski definition) is 0. The van der Waals surface area contributed by atoms with Crippen LogP contribution in [0.5, 0.6) is 0 Å². The van der Waals surface area contributed by atoms with Crippen molar-refractivity contribution >= 4 is 60.5 Å². The number of anilines is 3. The van der Waals surface area contributed by atoms with E-state index < -0.39 is 0 Å². The van der Waals surface area contributed by atoms with Crippen LogP contribution in [-0.2, 0) is 0 Å². The van der Waals surface area contributed by atoms with Crippen LogP contribution in [-0.4, -0.2) is 0 Å². The maximum absolute atomic E-state index is 6.73. The molecule has 0 bridgehead atoms. The van der Waals surface area contributed by atoms with E-state index in [1.807, 2.05) is 6.07 Å². The van der Waals surface area contributed by atoms with E-state index in [1.165, 1.54) is 49.4 Å². The largest absolute Gasteiger partial charge is 0.455 e. The molecule has 0 spiro atoms. The maximum atomic E-state index is 6.73. The molecule has 0 amide bonds. The molecule has 0 unspecified atom stereocenters. The van der Waals surface area contributed by atoms with Crippen LogP contribution >= 0.6 is 0 Å². The summed E-state index contributed by atoms with van der Waals surface area (Å²) >= 11 is 0. The highest BCUT2D eigenvalue weighted by Gasteiger charge is 2.22. The van der Waals surface area contributed by atoms with Gasteiger partial charge in [0.25, 0.3) is 0 Å². The summed E-state index contributed by atoms with van der Waals surface area (Å²) in [6, 6.07) is 80.5. The minimum atomic E-state index is 0.871. The zero-order chi connectivity index (χ0) is 38.4. The molecule has 0 fully saturated rings. The molecule has 0 N–H and O–H groups in total. The van der Waals surface area contributed by atoms with Gasteiger partial charge >= 0.3 is 0 Å². The minimum Gasteiger partial charge on any atom is -0.455 e. The van der Waals surface area contributed by atoms with E-state index >= 15 is 0 Å². The van der Waals surface area contributed by atoms with Gasteiger partial charge in [-0.3, -0.25) is 0 Å². The quantitative estimate of drug-likeness (QED) is 0.162. The Kier molecular flexibility index (Phi) is 8.19. The van der Waals surface area contributed by atoms with Crippen LogP contribution in [0.25, 0.3) is 88.0 Å². The van der Waals surface area contributed by atoms with Crippen molar-refractivity contribution in [1.29, 1.82) is 0 Å². The Bertz CT molecular complexity index is 3240. The smallest absolute Gasteiger partial charge is 0.145 e. The summed E-state index contributed by atoms with van der Waals surface area (Å²) < 4.78 is 6.73. The Morgan fingerprint density at radius 3 is 1.34 bits per heavy atom. The van der Waals surface area contributed by atoms with Gasteiger partial charge in [0.2, 0.25) is 0 Å². The average molecular weight is 740 g/mol. The Morgan fingerprint density at radius 1 is 0.293 bits per heavy atom. The minimum absolute atomic E-state index is 0.871. The van der Waals surface area contributed by atoms with Crippen molar-refractivity contribution in [3.05, 3.63) is 224 Å². The normalized spacial score (nSPS) is 11.4. The Balaban J connectivity index is 1.04. The van der Waals surface area contributed by atoms with Gasteiger partial charge in [-0.15, -0.1) is 0 Å². The van der Waals surface area contributed by atoms with Gasteiger partial charge in [0.15, 0.2) is 0 Å². The first-order valence-corrected chi connectivity index (χ1v) is 19.8. The molecule has 11 aromatic rings. The zero-order valence-electron chi connectivity index (χ0n) is 31.7. The number of hydrogen-bond acceptors (Lipinski definition) is 2. The lowest BCUT2D eigenvalue weighted by Gasteiger charge is -2.27. The number of fused-ring (bicyclic) bond motifs is 5. The third kappa shape index (κ3) is 5.82. The molecule has 11 rings (SSSR count). The molecule has 0 aliphatic heterocycles. The molecule has 2 heteroatoms. The van der Waals surface area contributed by atoms with Gasteiger partial charge in [0, 0.05) is 22.3 Å². The highest BCUT2D eigenvalue weighted by atomic mass is 16.3. The van der Waals surface area contributed by atoms with E-state index in [0.29, 0.717) is 0 Å². The zero-order valence-corrected chi connectivity index (χ0v) is 31.7. The fourth-order valence-corrected chi connectivity index (χ4v) is 8.66. The summed E-state index contributed by atoms with van der Waals surface area (Å²) in [7, 11) is 0. The number of nitrogens with zero attached hydrogens (tertiary/aromatic N) is 1. The summed E-state index contributed by atoms with van der Waals surface area (Å²) in [4.78, 5) is 2.37. The molecule has 272 valence electrons. The van der Waals surface area contributed by atoms with Crippen molar-refractivity contribution in [3.8, 4) is 44.5 Å². The predicted octanol–water partition coefficient (Wildman–Crippen LogP) is 16.0. The van der Waals surface area contributed by atoms with Crippen LogP contribution in [0.15, 0.2) is 229 Å². The molecule has 0 aliphatic rings. The highest BCUT2D eigenvalue weighted by Crippen LogP contribution is 2.46. The standard InChI is InChI=1S/C56H37NO/c1-2-12-42(13-3-1)51-36-37-53(55-52-20-8-9-23-54(52)58-56(51)55)57(46-34-30-44(31-35-46)50-22-11-17-41-15-5-7-19-48(41)50)45-32-28-39(29-33-45)38-24-26-43(27-25-38)49-21-10-16-40-14-4-6-18-47(40)49/h1-37H. The lowest BCUT2D eigenvalue weighted by Crippen LogP contribution is -2.10. The summed E-state index contributed by atoms with van der Waals surface area (Å²) in [5, 5.41) is 7.18. The van der Waals surface area contributed by atoms with Crippen molar-refractivity contribution in [1.82, 2.24) is 0 Å². The lowest BCUT2D eigenvalue weighted by atomic mass is 9.96. The van der Waals surface area contributed by atoms with Gasteiger partial charge in [0.05, 0.1) is 11.1 Å². The van der Waals surface area contributed by atoms with Crippen LogP contribution in [0, 0.1) is 0 Å². The van der Waals surface area contributed by atoms with Gasteiger partial charge in [-0.1, -0.05) is 182 Å². The molecule has 1 aromatic heterocycles. The van der Waals surface area contributed by atoms with Crippen molar-refractivity contribution in [2.75, 3.05) is 4.90 Å². The lowest BCUT2D eigenvalue weighted by molar-refractivity contribution is 0.670. The Labute approximate surface area is 337 Å². The molecule has 10 aromatic carbocycles. The molecule has 1 heterocycles. The topological polar surface area (TPSA) is 16.4 Å².